The van der Waals surface area contributed by atoms with Crippen LogP contribution >= 0.6 is 0 Å². The van der Waals surface area contributed by atoms with Gasteiger partial charge in [0.25, 0.3) is 0 Å². The lowest BCUT2D eigenvalue weighted by Crippen LogP contribution is -2.58. The molecular formula is C16H32N2O. The van der Waals surface area contributed by atoms with Gasteiger partial charge in [0.05, 0.1) is 6.10 Å². The Hall–Kier alpha value is -0.120. The van der Waals surface area contributed by atoms with Crippen molar-refractivity contribution in [2.45, 2.75) is 89.4 Å². The summed E-state index contributed by atoms with van der Waals surface area (Å²) in [4.78, 5) is 2.64. The Morgan fingerprint density at radius 2 is 1.89 bits per heavy atom. The van der Waals surface area contributed by atoms with Gasteiger partial charge in [-0.15, -0.1) is 0 Å². The number of hydrogen-bond donors (Lipinski definition) is 2. The van der Waals surface area contributed by atoms with E-state index in [4.69, 9.17) is 0 Å². The highest BCUT2D eigenvalue weighted by atomic mass is 16.3. The fraction of sp³-hybridized carbons (Fsp3) is 1.00. The number of likely N-dealkylation sites (tertiary alicyclic amines) is 1. The Balaban J connectivity index is 1.98. The van der Waals surface area contributed by atoms with Crippen molar-refractivity contribution in [2.24, 2.45) is 0 Å². The molecule has 112 valence electrons. The smallest absolute Gasteiger partial charge is 0.0695 e. The van der Waals surface area contributed by atoms with Gasteiger partial charge in [0.2, 0.25) is 0 Å². The topological polar surface area (TPSA) is 35.5 Å². The molecule has 1 heterocycles. The molecule has 1 saturated carbocycles. The zero-order valence-corrected chi connectivity index (χ0v) is 12.8. The van der Waals surface area contributed by atoms with Crippen molar-refractivity contribution in [3.8, 4) is 0 Å². The van der Waals surface area contributed by atoms with E-state index in [0.717, 1.165) is 13.0 Å². The highest BCUT2D eigenvalue weighted by Crippen LogP contribution is 2.30. The summed E-state index contributed by atoms with van der Waals surface area (Å²) in [6.07, 6.45) is 9.75. The van der Waals surface area contributed by atoms with E-state index in [0.29, 0.717) is 18.1 Å². The molecule has 2 N–H and O–H groups in total. The van der Waals surface area contributed by atoms with Crippen molar-refractivity contribution in [2.75, 3.05) is 13.1 Å². The van der Waals surface area contributed by atoms with Crippen LogP contribution in [0.5, 0.6) is 0 Å². The fourth-order valence-electron chi connectivity index (χ4n) is 3.92. The van der Waals surface area contributed by atoms with Gasteiger partial charge in [0, 0.05) is 18.1 Å². The largest absolute Gasteiger partial charge is 0.391 e. The molecule has 2 aliphatic rings. The van der Waals surface area contributed by atoms with Gasteiger partial charge in [-0.1, -0.05) is 26.2 Å². The van der Waals surface area contributed by atoms with Gasteiger partial charge in [-0.2, -0.15) is 0 Å². The summed E-state index contributed by atoms with van der Waals surface area (Å²) in [6.45, 7) is 6.85. The number of aliphatic hydroxyl groups excluding tert-OH is 1. The second-order valence-electron chi connectivity index (χ2n) is 6.46. The standard InChI is InChI=1S/C16H32N2O/c1-3-11-17-13(2)14-8-6-7-12-18(14)15-9-4-5-10-16(15)19/h13-17,19H,3-12H2,1-2H3. The van der Waals surface area contributed by atoms with Crippen molar-refractivity contribution in [3.63, 3.8) is 0 Å². The average Bonchev–Trinajstić information content (AvgIpc) is 2.45. The Kier molecular flexibility index (Phi) is 6.11. The minimum atomic E-state index is -0.0901. The van der Waals surface area contributed by atoms with Crippen LogP contribution in [0.15, 0.2) is 0 Å². The molecule has 0 spiro atoms. The van der Waals surface area contributed by atoms with Gasteiger partial charge in [0.15, 0.2) is 0 Å². The van der Waals surface area contributed by atoms with Gasteiger partial charge < -0.3 is 10.4 Å². The predicted molar refractivity (Wildman–Crippen MR) is 80.4 cm³/mol. The number of aliphatic hydroxyl groups is 1. The quantitative estimate of drug-likeness (QED) is 0.804. The Labute approximate surface area is 118 Å². The molecule has 0 amide bonds. The molecule has 0 aromatic heterocycles. The molecule has 0 bridgehead atoms. The van der Waals surface area contributed by atoms with E-state index in [1.54, 1.807) is 0 Å². The minimum Gasteiger partial charge on any atom is -0.391 e. The summed E-state index contributed by atoms with van der Waals surface area (Å²) in [5.41, 5.74) is 0. The summed E-state index contributed by atoms with van der Waals surface area (Å²) in [6, 6.07) is 1.59. The van der Waals surface area contributed by atoms with Gasteiger partial charge in [0.1, 0.15) is 0 Å². The number of rotatable bonds is 5. The van der Waals surface area contributed by atoms with Crippen LogP contribution in [-0.4, -0.2) is 47.3 Å². The summed E-state index contributed by atoms with van der Waals surface area (Å²) in [5, 5.41) is 14.0. The average molecular weight is 268 g/mol. The lowest BCUT2D eigenvalue weighted by Gasteiger charge is -2.47. The van der Waals surface area contributed by atoms with Crippen LogP contribution in [0.25, 0.3) is 0 Å². The van der Waals surface area contributed by atoms with Crippen molar-refractivity contribution in [3.05, 3.63) is 0 Å². The molecule has 1 aliphatic carbocycles. The van der Waals surface area contributed by atoms with Gasteiger partial charge in [-0.25, -0.2) is 0 Å². The second kappa shape index (κ2) is 7.61. The van der Waals surface area contributed by atoms with Crippen LogP contribution < -0.4 is 5.32 Å². The van der Waals surface area contributed by atoms with E-state index in [2.05, 4.69) is 24.1 Å². The van der Waals surface area contributed by atoms with Crippen LogP contribution in [0.1, 0.15) is 65.2 Å². The molecule has 2 fully saturated rings. The molecule has 0 radical (unpaired) electrons. The maximum absolute atomic E-state index is 10.3. The van der Waals surface area contributed by atoms with Crippen molar-refractivity contribution >= 4 is 0 Å². The van der Waals surface area contributed by atoms with E-state index in [1.165, 1.54) is 51.5 Å². The molecule has 3 nitrogen and oxygen atoms in total. The molecule has 19 heavy (non-hydrogen) atoms. The lowest BCUT2D eigenvalue weighted by atomic mass is 9.86. The Bertz CT molecular complexity index is 259. The molecule has 3 heteroatoms. The predicted octanol–water partition coefficient (Wildman–Crippen LogP) is 2.53. The van der Waals surface area contributed by atoms with Gasteiger partial charge in [-0.05, 0) is 52.1 Å². The van der Waals surface area contributed by atoms with Crippen molar-refractivity contribution in [1.82, 2.24) is 10.2 Å². The Morgan fingerprint density at radius 1 is 1.16 bits per heavy atom. The molecule has 0 aromatic carbocycles. The monoisotopic (exact) mass is 268 g/mol. The molecule has 4 unspecified atom stereocenters. The molecule has 1 saturated heterocycles. The Morgan fingerprint density at radius 3 is 2.63 bits per heavy atom. The first-order valence-electron chi connectivity index (χ1n) is 8.41. The number of piperidine rings is 1. The highest BCUT2D eigenvalue weighted by Gasteiger charge is 2.36. The number of hydrogen-bond acceptors (Lipinski definition) is 3. The third-order valence-corrected chi connectivity index (χ3v) is 5.01. The normalized spacial score (nSPS) is 35.2. The second-order valence-corrected chi connectivity index (χ2v) is 6.46. The molecule has 1 aliphatic heterocycles. The summed E-state index contributed by atoms with van der Waals surface area (Å²) in [5.74, 6) is 0. The van der Waals surface area contributed by atoms with E-state index < -0.39 is 0 Å². The van der Waals surface area contributed by atoms with Crippen LogP contribution in [0.2, 0.25) is 0 Å². The summed E-state index contributed by atoms with van der Waals surface area (Å²) >= 11 is 0. The molecular weight excluding hydrogens is 236 g/mol. The van der Waals surface area contributed by atoms with E-state index >= 15 is 0 Å². The zero-order valence-electron chi connectivity index (χ0n) is 12.8. The fourth-order valence-corrected chi connectivity index (χ4v) is 3.92. The summed E-state index contributed by atoms with van der Waals surface area (Å²) < 4.78 is 0. The number of nitrogens with zero attached hydrogens (tertiary/aromatic N) is 1. The minimum absolute atomic E-state index is 0.0901. The van der Waals surface area contributed by atoms with E-state index in [9.17, 15) is 5.11 Å². The molecule has 4 atom stereocenters. The first-order chi connectivity index (χ1) is 9.24. The first-order valence-corrected chi connectivity index (χ1v) is 8.41. The highest BCUT2D eigenvalue weighted by molar-refractivity contribution is 4.92. The number of nitrogens with one attached hydrogen (secondary N) is 1. The van der Waals surface area contributed by atoms with Crippen LogP contribution in [-0.2, 0) is 0 Å². The van der Waals surface area contributed by atoms with E-state index in [-0.39, 0.29) is 6.10 Å². The zero-order chi connectivity index (χ0) is 13.7. The third kappa shape index (κ3) is 3.93. The summed E-state index contributed by atoms with van der Waals surface area (Å²) in [7, 11) is 0. The molecule has 2 rings (SSSR count). The first kappa shape index (κ1) is 15.3. The van der Waals surface area contributed by atoms with Crippen LogP contribution in [0.4, 0.5) is 0 Å². The molecule has 0 aromatic rings. The maximum atomic E-state index is 10.3. The van der Waals surface area contributed by atoms with Crippen LogP contribution in [0, 0.1) is 0 Å². The third-order valence-electron chi connectivity index (χ3n) is 5.01. The maximum Gasteiger partial charge on any atom is 0.0695 e. The lowest BCUT2D eigenvalue weighted by molar-refractivity contribution is -0.0226. The van der Waals surface area contributed by atoms with Crippen molar-refractivity contribution < 1.29 is 5.11 Å². The van der Waals surface area contributed by atoms with Crippen molar-refractivity contribution in [1.29, 1.82) is 0 Å². The van der Waals surface area contributed by atoms with Crippen LogP contribution in [0.3, 0.4) is 0 Å². The van der Waals surface area contributed by atoms with Gasteiger partial charge >= 0.3 is 0 Å². The SMILES string of the molecule is CCCNC(C)C1CCCCN1C1CCCCC1O. The van der Waals surface area contributed by atoms with Gasteiger partial charge in [-0.3, -0.25) is 4.90 Å². The van der Waals surface area contributed by atoms with E-state index in [1.807, 2.05) is 0 Å².